The molecule has 0 aromatic carbocycles. The van der Waals surface area contributed by atoms with E-state index in [9.17, 15) is 0 Å². The SMILES string of the molecule is COc1c(Cl)ncnc1NCC1CCCC(C)C1. The van der Waals surface area contributed by atoms with Crippen molar-refractivity contribution < 1.29 is 4.74 Å². The van der Waals surface area contributed by atoms with E-state index in [0.717, 1.165) is 12.5 Å². The van der Waals surface area contributed by atoms with Crippen LogP contribution in [0.3, 0.4) is 0 Å². The van der Waals surface area contributed by atoms with Gasteiger partial charge in [-0.25, -0.2) is 9.97 Å². The first-order valence-electron chi connectivity index (χ1n) is 6.49. The third-order valence-corrected chi connectivity index (χ3v) is 3.84. The highest BCUT2D eigenvalue weighted by molar-refractivity contribution is 6.31. The standard InChI is InChI=1S/C13H20ClN3O/c1-9-4-3-5-10(6-9)7-15-13-11(18-2)12(14)16-8-17-13/h8-10H,3-7H2,1-2H3,(H,15,16,17). The van der Waals surface area contributed by atoms with Crippen molar-refractivity contribution in [2.75, 3.05) is 19.0 Å². The van der Waals surface area contributed by atoms with Crippen LogP contribution < -0.4 is 10.1 Å². The molecule has 2 unspecified atom stereocenters. The van der Waals surface area contributed by atoms with E-state index in [-0.39, 0.29) is 0 Å². The molecule has 1 fully saturated rings. The Labute approximate surface area is 113 Å². The molecule has 0 aliphatic heterocycles. The predicted octanol–water partition coefficient (Wildman–Crippen LogP) is 3.38. The zero-order valence-corrected chi connectivity index (χ0v) is 11.7. The van der Waals surface area contributed by atoms with E-state index in [4.69, 9.17) is 16.3 Å². The molecule has 1 heterocycles. The minimum Gasteiger partial charge on any atom is -0.490 e. The highest BCUT2D eigenvalue weighted by atomic mass is 35.5. The lowest BCUT2D eigenvalue weighted by molar-refractivity contribution is 0.293. The van der Waals surface area contributed by atoms with Crippen LogP contribution in [0, 0.1) is 11.8 Å². The van der Waals surface area contributed by atoms with E-state index < -0.39 is 0 Å². The van der Waals surface area contributed by atoms with E-state index in [1.54, 1.807) is 7.11 Å². The summed E-state index contributed by atoms with van der Waals surface area (Å²) in [5.41, 5.74) is 0. The molecule has 100 valence electrons. The molecule has 1 aromatic heterocycles. The molecule has 1 N–H and O–H groups in total. The summed E-state index contributed by atoms with van der Waals surface area (Å²) in [6.45, 7) is 3.25. The Balaban J connectivity index is 1.95. The lowest BCUT2D eigenvalue weighted by atomic mass is 9.82. The molecule has 1 aromatic rings. The van der Waals surface area contributed by atoms with Crippen LogP contribution >= 0.6 is 11.6 Å². The normalized spacial score (nSPS) is 23.7. The van der Waals surface area contributed by atoms with Crippen molar-refractivity contribution in [2.45, 2.75) is 32.6 Å². The number of anilines is 1. The van der Waals surface area contributed by atoms with Crippen LogP contribution in [-0.2, 0) is 0 Å². The molecule has 0 spiro atoms. The second kappa shape index (κ2) is 6.23. The minimum absolute atomic E-state index is 0.354. The number of rotatable bonds is 4. The summed E-state index contributed by atoms with van der Waals surface area (Å²) < 4.78 is 5.22. The molecular formula is C13H20ClN3O. The van der Waals surface area contributed by atoms with Crippen LogP contribution in [0.15, 0.2) is 6.33 Å². The van der Waals surface area contributed by atoms with Crippen LogP contribution in [0.2, 0.25) is 5.15 Å². The number of hydrogen-bond donors (Lipinski definition) is 1. The Morgan fingerprint density at radius 3 is 3.00 bits per heavy atom. The first kappa shape index (κ1) is 13.4. The molecule has 1 aliphatic carbocycles. The van der Waals surface area contributed by atoms with Gasteiger partial charge in [-0.15, -0.1) is 0 Å². The molecule has 5 heteroatoms. The third kappa shape index (κ3) is 3.25. The number of hydrogen-bond acceptors (Lipinski definition) is 4. The van der Waals surface area contributed by atoms with Crippen LogP contribution in [0.25, 0.3) is 0 Å². The maximum absolute atomic E-state index is 5.96. The van der Waals surface area contributed by atoms with Gasteiger partial charge >= 0.3 is 0 Å². The van der Waals surface area contributed by atoms with E-state index in [0.29, 0.717) is 22.6 Å². The molecule has 0 radical (unpaired) electrons. The van der Waals surface area contributed by atoms with Gasteiger partial charge < -0.3 is 10.1 Å². The molecular weight excluding hydrogens is 250 g/mol. The van der Waals surface area contributed by atoms with Gasteiger partial charge in [-0.2, -0.15) is 0 Å². The van der Waals surface area contributed by atoms with Gasteiger partial charge in [0.2, 0.25) is 0 Å². The van der Waals surface area contributed by atoms with Crippen LogP contribution in [0.4, 0.5) is 5.82 Å². The number of methoxy groups -OCH3 is 1. The molecule has 18 heavy (non-hydrogen) atoms. The minimum atomic E-state index is 0.354. The zero-order valence-electron chi connectivity index (χ0n) is 10.9. The van der Waals surface area contributed by atoms with Gasteiger partial charge in [0.25, 0.3) is 0 Å². The summed E-state index contributed by atoms with van der Waals surface area (Å²) in [7, 11) is 1.58. The maximum atomic E-state index is 5.96. The van der Waals surface area contributed by atoms with Gasteiger partial charge in [-0.05, 0) is 24.7 Å². The smallest absolute Gasteiger partial charge is 0.198 e. The number of ether oxygens (including phenoxy) is 1. The second-order valence-electron chi connectivity index (χ2n) is 5.07. The molecule has 1 saturated carbocycles. The van der Waals surface area contributed by atoms with E-state index in [1.807, 2.05) is 0 Å². The Morgan fingerprint density at radius 2 is 2.28 bits per heavy atom. The highest BCUT2D eigenvalue weighted by Crippen LogP contribution is 2.31. The van der Waals surface area contributed by atoms with Crippen molar-refractivity contribution in [3.8, 4) is 5.75 Å². The number of nitrogens with one attached hydrogen (secondary N) is 1. The van der Waals surface area contributed by atoms with Crippen molar-refractivity contribution in [1.82, 2.24) is 9.97 Å². The number of nitrogens with zero attached hydrogens (tertiary/aromatic N) is 2. The van der Waals surface area contributed by atoms with Crippen molar-refractivity contribution in [1.29, 1.82) is 0 Å². The van der Waals surface area contributed by atoms with Gasteiger partial charge in [-0.1, -0.05) is 31.4 Å². The largest absolute Gasteiger partial charge is 0.490 e. The Kier molecular flexibility index (Phi) is 4.64. The summed E-state index contributed by atoms with van der Waals surface area (Å²) in [5.74, 6) is 2.77. The van der Waals surface area contributed by atoms with Gasteiger partial charge in [0.05, 0.1) is 7.11 Å². The van der Waals surface area contributed by atoms with Gasteiger partial charge in [0.1, 0.15) is 6.33 Å². The number of aromatic nitrogens is 2. The molecule has 0 bridgehead atoms. The van der Waals surface area contributed by atoms with Gasteiger partial charge in [0, 0.05) is 6.54 Å². The fourth-order valence-electron chi connectivity index (χ4n) is 2.65. The van der Waals surface area contributed by atoms with Crippen LogP contribution in [0.1, 0.15) is 32.6 Å². The fraction of sp³-hybridized carbons (Fsp3) is 0.692. The first-order valence-corrected chi connectivity index (χ1v) is 6.87. The van der Waals surface area contributed by atoms with Crippen molar-refractivity contribution in [2.24, 2.45) is 11.8 Å². The van der Waals surface area contributed by atoms with E-state index in [2.05, 4.69) is 22.2 Å². The zero-order chi connectivity index (χ0) is 13.0. The molecule has 2 atom stereocenters. The van der Waals surface area contributed by atoms with E-state index >= 15 is 0 Å². The van der Waals surface area contributed by atoms with Crippen molar-refractivity contribution >= 4 is 17.4 Å². The maximum Gasteiger partial charge on any atom is 0.198 e. The summed E-state index contributed by atoms with van der Waals surface area (Å²) in [6.07, 6.45) is 6.72. The predicted molar refractivity (Wildman–Crippen MR) is 73.2 cm³/mol. The molecule has 0 saturated heterocycles. The Hall–Kier alpha value is -1.03. The third-order valence-electron chi connectivity index (χ3n) is 3.57. The summed E-state index contributed by atoms with van der Waals surface area (Å²) in [5, 5.41) is 3.69. The summed E-state index contributed by atoms with van der Waals surface area (Å²) in [6, 6.07) is 0. The van der Waals surface area contributed by atoms with Crippen molar-refractivity contribution in [3.63, 3.8) is 0 Å². The van der Waals surface area contributed by atoms with Crippen LogP contribution in [0.5, 0.6) is 5.75 Å². The monoisotopic (exact) mass is 269 g/mol. The lowest BCUT2D eigenvalue weighted by Gasteiger charge is -2.27. The molecule has 4 nitrogen and oxygen atoms in total. The fourth-order valence-corrected chi connectivity index (χ4v) is 2.86. The van der Waals surface area contributed by atoms with Crippen LogP contribution in [-0.4, -0.2) is 23.6 Å². The quantitative estimate of drug-likeness (QED) is 0.852. The van der Waals surface area contributed by atoms with E-state index in [1.165, 1.54) is 32.0 Å². The topological polar surface area (TPSA) is 47.0 Å². The summed E-state index contributed by atoms with van der Waals surface area (Å²) >= 11 is 5.96. The average molecular weight is 270 g/mol. The molecule has 1 aliphatic rings. The summed E-state index contributed by atoms with van der Waals surface area (Å²) in [4.78, 5) is 8.09. The van der Waals surface area contributed by atoms with Gasteiger partial charge in [0.15, 0.2) is 16.7 Å². The highest BCUT2D eigenvalue weighted by Gasteiger charge is 2.19. The van der Waals surface area contributed by atoms with Gasteiger partial charge in [-0.3, -0.25) is 0 Å². The second-order valence-corrected chi connectivity index (χ2v) is 5.42. The Morgan fingerprint density at radius 1 is 1.44 bits per heavy atom. The molecule has 0 amide bonds. The molecule has 2 rings (SSSR count). The number of halogens is 1. The van der Waals surface area contributed by atoms with Crippen molar-refractivity contribution in [3.05, 3.63) is 11.5 Å². The Bertz CT molecular complexity index is 400. The lowest BCUT2D eigenvalue weighted by Crippen LogP contribution is -2.21. The first-order chi connectivity index (χ1) is 8.70. The average Bonchev–Trinajstić information content (AvgIpc) is 2.36.